The molecule has 0 aliphatic carbocycles. The van der Waals surface area contributed by atoms with Crippen molar-refractivity contribution < 1.29 is 33.7 Å². The fraction of sp³-hybridized carbons (Fsp3) is 0.333. The maximum atomic E-state index is 13.0. The molecule has 2 aromatic rings. The number of aliphatic carboxylic acids is 1. The lowest BCUT2D eigenvalue weighted by molar-refractivity contribution is -0.153. The molecule has 8 nitrogen and oxygen atoms in total. The van der Waals surface area contributed by atoms with E-state index in [1.54, 1.807) is 18.2 Å². The average molecular weight is 416 g/mol. The number of carbonyl (C=O) groups is 2. The summed E-state index contributed by atoms with van der Waals surface area (Å²) in [6.07, 6.45) is -1.30. The van der Waals surface area contributed by atoms with E-state index in [1.165, 1.54) is 24.3 Å². The van der Waals surface area contributed by atoms with Crippen LogP contribution in [0.3, 0.4) is 0 Å². The number of amides is 2. The first-order chi connectivity index (χ1) is 14.4. The number of halogens is 1. The normalized spacial score (nSPS) is 24.3. The van der Waals surface area contributed by atoms with Crippen LogP contribution >= 0.6 is 0 Å². The molecule has 1 saturated heterocycles. The van der Waals surface area contributed by atoms with Gasteiger partial charge in [-0.15, -0.1) is 0 Å². The molecule has 0 saturated carbocycles. The Bertz CT molecular complexity index is 951. The molecular weight excluding hydrogens is 395 g/mol. The molecule has 2 aromatic carbocycles. The zero-order chi connectivity index (χ0) is 21.3. The smallest absolute Gasteiger partial charge is 0.323 e. The maximum Gasteiger partial charge on any atom is 0.323 e. The largest absolute Gasteiger partial charge is 0.487 e. The summed E-state index contributed by atoms with van der Waals surface area (Å²) in [5.41, 5.74) is 1.81. The summed E-state index contributed by atoms with van der Waals surface area (Å²) in [5.74, 6) is -0.903. The third-order valence-corrected chi connectivity index (χ3v) is 5.26. The van der Waals surface area contributed by atoms with Crippen LogP contribution in [0, 0.1) is 5.82 Å². The molecule has 2 heterocycles. The second-order valence-corrected chi connectivity index (χ2v) is 7.34. The Labute approximate surface area is 171 Å². The first-order valence-electron chi connectivity index (χ1n) is 9.55. The standard InChI is InChI=1S/C21H21FN2O6/c22-11-1-3-12(4-2-11)23-21(28)24-13-5-6-17-15(7-13)16-8-14(9-19(26)27)29-18(10-25)20(16)30-17/h1-7,14,16,18,20,25H,8-10H2,(H,26,27)(H2,23,24,28)/t14-,16-,18-,20+/m0/s1. The summed E-state index contributed by atoms with van der Waals surface area (Å²) in [7, 11) is 0. The van der Waals surface area contributed by atoms with Gasteiger partial charge in [0.25, 0.3) is 0 Å². The van der Waals surface area contributed by atoms with Crippen molar-refractivity contribution in [3.8, 4) is 5.75 Å². The highest BCUT2D eigenvalue weighted by atomic mass is 19.1. The molecular formula is C21H21FN2O6. The number of aliphatic hydroxyl groups excluding tert-OH is 1. The molecule has 30 heavy (non-hydrogen) atoms. The number of fused-ring (bicyclic) bond motifs is 3. The van der Waals surface area contributed by atoms with E-state index in [9.17, 15) is 19.1 Å². The van der Waals surface area contributed by atoms with Crippen LogP contribution in [0.5, 0.6) is 5.75 Å². The van der Waals surface area contributed by atoms with Crippen LogP contribution in [-0.2, 0) is 9.53 Å². The van der Waals surface area contributed by atoms with Crippen LogP contribution in [0.2, 0.25) is 0 Å². The van der Waals surface area contributed by atoms with Gasteiger partial charge in [0, 0.05) is 22.9 Å². The van der Waals surface area contributed by atoms with E-state index >= 15 is 0 Å². The molecule has 0 unspecified atom stereocenters. The number of carbonyl (C=O) groups excluding carboxylic acids is 1. The van der Waals surface area contributed by atoms with Gasteiger partial charge >= 0.3 is 12.0 Å². The first kappa shape index (κ1) is 20.1. The quantitative estimate of drug-likeness (QED) is 0.595. The lowest BCUT2D eigenvalue weighted by Crippen LogP contribution is -2.46. The van der Waals surface area contributed by atoms with E-state index in [2.05, 4.69) is 10.6 Å². The van der Waals surface area contributed by atoms with Gasteiger partial charge in [-0.2, -0.15) is 0 Å². The van der Waals surface area contributed by atoms with Gasteiger partial charge in [-0.3, -0.25) is 4.79 Å². The average Bonchev–Trinajstić information content (AvgIpc) is 3.06. The third kappa shape index (κ3) is 4.22. The number of urea groups is 1. The van der Waals surface area contributed by atoms with E-state index in [4.69, 9.17) is 14.6 Å². The SMILES string of the molecule is O=C(O)C[C@@H]1C[C@H]2c3cc(NC(=O)Nc4ccc(F)cc4)ccc3O[C@H]2[C@H](CO)O1. The number of rotatable bonds is 5. The molecule has 4 atom stereocenters. The van der Waals surface area contributed by atoms with Crippen LogP contribution in [0.1, 0.15) is 24.3 Å². The monoisotopic (exact) mass is 416 g/mol. The minimum Gasteiger partial charge on any atom is -0.487 e. The second-order valence-electron chi connectivity index (χ2n) is 7.34. The van der Waals surface area contributed by atoms with E-state index < -0.39 is 36.1 Å². The Kier molecular flexibility index (Phi) is 5.56. The van der Waals surface area contributed by atoms with E-state index in [1.807, 2.05) is 0 Å². The predicted octanol–water partition coefficient (Wildman–Crippen LogP) is 2.94. The molecule has 4 rings (SSSR count). The van der Waals surface area contributed by atoms with Crippen molar-refractivity contribution in [2.45, 2.75) is 37.1 Å². The Balaban J connectivity index is 1.49. The highest BCUT2D eigenvalue weighted by Gasteiger charge is 2.46. The molecule has 4 N–H and O–H groups in total. The van der Waals surface area contributed by atoms with Gasteiger partial charge in [-0.05, 0) is 48.9 Å². The Morgan fingerprint density at radius 3 is 2.50 bits per heavy atom. The number of aliphatic hydroxyl groups is 1. The van der Waals surface area contributed by atoms with Crippen LogP contribution in [0.25, 0.3) is 0 Å². The number of anilines is 2. The van der Waals surface area contributed by atoms with E-state index in [0.717, 1.165) is 5.56 Å². The molecule has 0 bridgehead atoms. The molecule has 0 spiro atoms. The molecule has 1 fully saturated rings. The second kappa shape index (κ2) is 8.29. The molecule has 158 valence electrons. The van der Waals surface area contributed by atoms with Gasteiger partial charge in [-0.25, -0.2) is 9.18 Å². The van der Waals surface area contributed by atoms with Crippen molar-refractivity contribution in [2.75, 3.05) is 17.2 Å². The van der Waals surface area contributed by atoms with Gasteiger partial charge in [0.05, 0.1) is 19.1 Å². The molecule has 2 aliphatic heterocycles. The van der Waals surface area contributed by atoms with Gasteiger partial charge in [-0.1, -0.05) is 0 Å². The lowest BCUT2D eigenvalue weighted by Gasteiger charge is -2.36. The van der Waals surface area contributed by atoms with Crippen molar-refractivity contribution >= 4 is 23.4 Å². The van der Waals surface area contributed by atoms with Crippen LogP contribution in [-0.4, -0.2) is 47.1 Å². The number of nitrogens with one attached hydrogen (secondary N) is 2. The number of carboxylic acids is 1. The summed E-state index contributed by atoms with van der Waals surface area (Å²) in [6, 6.07) is 10.1. The zero-order valence-electron chi connectivity index (χ0n) is 15.9. The fourth-order valence-electron chi connectivity index (χ4n) is 3.99. The molecule has 0 aromatic heterocycles. The van der Waals surface area contributed by atoms with Gasteiger partial charge in [0.1, 0.15) is 23.8 Å². The van der Waals surface area contributed by atoms with E-state index in [-0.39, 0.29) is 18.9 Å². The summed E-state index contributed by atoms with van der Waals surface area (Å²) in [4.78, 5) is 23.4. The van der Waals surface area contributed by atoms with Crippen molar-refractivity contribution in [3.63, 3.8) is 0 Å². The van der Waals surface area contributed by atoms with Crippen molar-refractivity contribution in [1.29, 1.82) is 0 Å². The van der Waals surface area contributed by atoms with Crippen LogP contribution < -0.4 is 15.4 Å². The summed E-state index contributed by atoms with van der Waals surface area (Å²) in [6.45, 7) is -0.281. The Morgan fingerprint density at radius 1 is 1.10 bits per heavy atom. The highest BCUT2D eigenvalue weighted by molar-refractivity contribution is 5.99. The van der Waals surface area contributed by atoms with Crippen molar-refractivity contribution in [1.82, 2.24) is 0 Å². The Morgan fingerprint density at radius 2 is 1.80 bits per heavy atom. The summed E-state index contributed by atoms with van der Waals surface area (Å²) >= 11 is 0. The van der Waals surface area contributed by atoms with Crippen LogP contribution in [0.4, 0.5) is 20.6 Å². The third-order valence-electron chi connectivity index (χ3n) is 5.26. The first-order valence-corrected chi connectivity index (χ1v) is 9.55. The minimum absolute atomic E-state index is 0.155. The number of benzene rings is 2. The van der Waals surface area contributed by atoms with Crippen molar-refractivity contribution in [2.24, 2.45) is 0 Å². The maximum absolute atomic E-state index is 13.0. The minimum atomic E-state index is -0.970. The van der Waals surface area contributed by atoms with Gasteiger partial charge in [0.2, 0.25) is 0 Å². The highest BCUT2D eigenvalue weighted by Crippen LogP contribution is 2.47. The van der Waals surface area contributed by atoms with Crippen LogP contribution in [0.15, 0.2) is 42.5 Å². The van der Waals surface area contributed by atoms with E-state index in [0.29, 0.717) is 23.5 Å². The Hall–Kier alpha value is -3.17. The lowest BCUT2D eigenvalue weighted by atomic mass is 9.84. The van der Waals surface area contributed by atoms with Gasteiger partial charge in [0.15, 0.2) is 0 Å². The number of hydrogen-bond acceptors (Lipinski definition) is 5. The zero-order valence-corrected chi connectivity index (χ0v) is 15.9. The number of carboxylic acid groups (broad SMARTS) is 1. The number of hydrogen-bond donors (Lipinski definition) is 4. The predicted molar refractivity (Wildman–Crippen MR) is 105 cm³/mol. The number of ether oxygens (including phenoxy) is 2. The molecule has 0 radical (unpaired) electrons. The summed E-state index contributed by atoms with van der Waals surface area (Å²) in [5, 5.41) is 24.1. The van der Waals surface area contributed by atoms with Crippen molar-refractivity contribution in [3.05, 3.63) is 53.8 Å². The molecule has 2 amide bonds. The molecule has 9 heteroatoms. The fourth-order valence-corrected chi connectivity index (χ4v) is 3.99. The topological polar surface area (TPSA) is 117 Å². The molecule has 2 aliphatic rings. The van der Waals surface area contributed by atoms with Gasteiger partial charge < -0.3 is 30.3 Å². The summed E-state index contributed by atoms with van der Waals surface area (Å²) < 4.78 is 24.6.